The molecule has 126 valence electrons. The number of hydrogen-bond acceptors (Lipinski definition) is 5. The molecule has 1 aliphatic rings. The lowest BCUT2D eigenvalue weighted by molar-refractivity contribution is -0.139. The van der Waals surface area contributed by atoms with E-state index in [0.29, 0.717) is 35.4 Å². The molecule has 0 N–H and O–H groups in total. The van der Waals surface area contributed by atoms with Gasteiger partial charge in [0.15, 0.2) is 5.82 Å². The van der Waals surface area contributed by atoms with Crippen LogP contribution in [0, 0.1) is 12.8 Å². The highest BCUT2D eigenvalue weighted by Crippen LogP contribution is 2.28. The van der Waals surface area contributed by atoms with Gasteiger partial charge in [-0.3, -0.25) is 9.59 Å². The van der Waals surface area contributed by atoms with E-state index >= 15 is 0 Å². The Bertz CT molecular complexity index is 776. The number of anilines is 1. The molecule has 1 fully saturated rings. The van der Waals surface area contributed by atoms with Crippen molar-refractivity contribution in [2.75, 3.05) is 18.5 Å². The molecule has 2 amide bonds. The molecule has 0 spiro atoms. The molecule has 0 radical (unpaired) electrons. The zero-order valence-corrected chi connectivity index (χ0v) is 14.2. The second kappa shape index (κ2) is 6.60. The van der Waals surface area contributed by atoms with E-state index in [1.54, 1.807) is 37.1 Å². The molecule has 8 heteroatoms. The number of carbonyl (C=O) groups excluding carboxylic acids is 2. The SMILES string of the molecule is Cc1nc(CN(C)C(=O)[C@H]2CCN(c3cccc(Cl)c3)C2=O)no1. The molecule has 2 aromatic rings. The second-order valence-electron chi connectivity index (χ2n) is 5.73. The number of benzene rings is 1. The van der Waals surface area contributed by atoms with Crippen LogP contribution < -0.4 is 4.90 Å². The first-order chi connectivity index (χ1) is 11.5. The van der Waals surface area contributed by atoms with Crippen LogP contribution in [0.25, 0.3) is 0 Å². The number of rotatable bonds is 4. The quantitative estimate of drug-likeness (QED) is 0.790. The Labute approximate surface area is 144 Å². The van der Waals surface area contributed by atoms with Gasteiger partial charge in [-0.1, -0.05) is 22.8 Å². The highest BCUT2D eigenvalue weighted by molar-refractivity contribution is 6.31. The van der Waals surface area contributed by atoms with Gasteiger partial charge in [-0.05, 0) is 24.6 Å². The molecule has 1 aromatic carbocycles. The van der Waals surface area contributed by atoms with Gasteiger partial charge in [-0.2, -0.15) is 4.98 Å². The summed E-state index contributed by atoms with van der Waals surface area (Å²) in [4.78, 5) is 32.3. The van der Waals surface area contributed by atoms with Gasteiger partial charge in [-0.15, -0.1) is 0 Å². The lowest BCUT2D eigenvalue weighted by atomic mass is 10.1. The number of aryl methyl sites for hydroxylation is 1. The zero-order valence-electron chi connectivity index (χ0n) is 13.4. The first kappa shape index (κ1) is 16.4. The number of carbonyl (C=O) groups is 2. The average molecular weight is 349 g/mol. The molecule has 0 saturated carbocycles. The Morgan fingerprint density at radius 1 is 1.50 bits per heavy atom. The first-order valence-corrected chi connectivity index (χ1v) is 7.94. The summed E-state index contributed by atoms with van der Waals surface area (Å²) < 4.78 is 4.89. The number of halogens is 1. The third-order valence-electron chi connectivity index (χ3n) is 3.95. The van der Waals surface area contributed by atoms with Crippen molar-refractivity contribution < 1.29 is 14.1 Å². The smallest absolute Gasteiger partial charge is 0.239 e. The van der Waals surface area contributed by atoms with E-state index in [1.165, 1.54) is 4.90 Å². The Hall–Kier alpha value is -2.41. The van der Waals surface area contributed by atoms with E-state index in [4.69, 9.17) is 16.1 Å². The monoisotopic (exact) mass is 348 g/mol. The van der Waals surface area contributed by atoms with Gasteiger partial charge < -0.3 is 14.3 Å². The lowest BCUT2D eigenvalue weighted by Crippen LogP contribution is -2.38. The minimum atomic E-state index is -0.693. The van der Waals surface area contributed by atoms with Crippen LogP contribution in [-0.2, 0) is 16.1 Å². The van der Waals surface area contributed by atoms with Crippen LogP contribution in [0.1, 0.15) is 18.1 Å². The van der Waals surface area contributed by atoms with Gasteiger partial charge in [0, 0.05) is 31.2 Å². The maximum atomic E-state index is 12.6. The second-order valence-corrected chi connectivity index (χ2v) is 6.17. The summed E-state index contributed by atoms with van der Waals surface area (Å²) in [7, 11) is 1.63. The van der Waals surface area contributed by atoms with E-state index in [1.807, 2.05) is 6.07 Å². The predicted octanol–water partition coefficient (Wildman–Crippen LogP) is 2.04. The Morgan fingerprint density at radius 3 is 2.96 bits per heavy atom. The van der Waals surface area contributed by atoms with Gasteiger partial charge in [0.25, 0.3) is 0 Å². The van der Waals surface area contributed by atoms with Gasteiger partial charge in [-0.25, -0.2) is 0 Å². The Morgan fingerprint density at radius 2 is 2.29 bits per heavy atom. The van der Waals surface area contributed by atoms with Crippen LogP contribution in [0.2, 0.25) is 5.02 Å². The van der Waals surface area contributed by atoms with E-state index in [0.717, 1.165) is 0 Å². The minimum absolute atomic E-state index is 0.205. The molecular formula is C16H17ClN4O3. The van der Waals surface area contributed by atoms with Crippen molar-refractivity contribution in [2.24, 2.45) is 5.92 Å². The van der Waals surface area contributed by atoms with Crippen molar-refractivity contribution >= 4 is 29.1 Å². The summed E-state index contributed by atoms with van der Waals surface area (Å²) in [6, 6.07) is 7.06. The van der Waals surface area contributed by atoms with Crippen molar-refractivity contribution in [3.8, 4) is 0 Å². The van der Waals surface area contributed by atoms with E-state index in [-0.39, 0.29) is 18.4 Å². The average Bonchev–Trinajstić information content (AvgIpc) is 3.12. The molecule has 1 aromatic heterocycles. The van der Waals surface area contributed by atoms with Crippen LogP contribution in [0.4, 0.5) is 5.69 Å². The van der Waals surface area contributed by atoms with E-state index in [2.05, 4.69) is 10.1 Å². The third kappa shape index (κ3) is 3.26. The fraction of sp³-hybridized carbons (Fsp3) is 0.375. The molecule has 7 nitrogen and oxygen atoms in total. The topological polar surface area (TPSA) is 79.5 Å². The van der Waals surface area contributed by atoms with Crippen molar-refractivity contribution in [2.45, 2.75) is 19.9 Å². The predicted molar refractivity (Wildman–Crippen MR) is 87.4 cm³/mol. The fourth-order valence-electron chi connectivity index (χ4n) is 2.77. The number of nitrogens with zero attached hydrogens (tertiary/aromatic N) is 4. The van der Waals surface area contributed by atoms with Gasteiger partial charge >= 0.3 is 0 Å². The van der Waals surface area contributed by atoms with E-state index in [9.17, 15) is 9.59 Å². The maximum absolute atomic E-state index is 12.6. The summed E-state index contributed by atoms with van der Waals surface area (Å²) in [5.41, 5.74) is 0.708. The van der Waals surface area contributed by atoms with E-state index < -0.39 is 5.92 Å². The standard InChI is InChI=1S/C16H17ClN4O3/c1-10-18-14(19-24-10)9-20(2)15(22)13-6-7-21(16(13)23)12-5-3-4-11(17)8-12/h3-5,8,13H,6-7,9H2,1-2H3/t13-/m1/s1. The largest absolute Gasteiger partial charge is 0.340 e. The first-order valence-electron chi connectivity index (χ1n) is 7.57. The third-order valence-corrected chi connectivity index (χ3v) is 4.18. The van der Waals surface area contributed by atoms with Crippen LogP contribution >= 0.6 is 11.6 Å². The highest BCUT2D eigenvalue weighted by atomic mass is 35.5. The molecule has 1 atom stereocenters. The van der Waals surface area contributed by atoms with Gasteiger partial charge in [0.1, 0.15) is 5.92 Å². The van der Waals surface area contributed by atoms with Crippen LogP contribution in [0.3, 0.4) is 0 Å². The fourth-order valence-corrected chi connectivity index (χ4v) is 2.96. The zero-order chi connectivity index (χ0) is 17.3. The molecular weight excluding hydrogens is 332 g/mol. The molecule has 24 heavy (non-hydrogen) atoms. The summed E-state index contributed by atoms with van der Waals surface area (Å²) in [6.07, 6.45) is 0.472. The van der Waals surface area contributed by atoms with Crippen molar-refractivity contribution in [3.05, 3.63) is 41.0 Å². The summed E-state index contributed by atoms with van der Waals surface area (Å²) in [6.45, 7) is 2.38. The summed E-state index contributed by atoms with van der Waals surface area (Å²) >= 11 is 5.98. The number of aromatic nitrogens is 2. The van der Waals surface area contributed by atoms with Crippen molar-refractivity contribution in [3.63, 3.8) is 0 Å². The molecule has 2 heterocycles. The maximum Gasteiger partial charge on any atom is 0.239 e. The van der Waals surface area contributed by atoms with Gasteiger partial charge in [0.2, 0.25) is 17.7 Å². The molecule has 0 unspecified atom stereocenters. The van der Waals surface area contributed by atoms with Crippen LogP contribution in [0.5, 0.6) is 0 Å². The number of hydrogen-bond donors (Lipinski definition) is 0. The molecule has 3 rings (SSSR count). The molecule has 0 aliphatic carbocycles. The minimum Gasteiger partial charge on any atom is -0.340 e. The Kier molecular flexibility index (Phi) is 4.53. The van der Waals surface area contributed by atoms with Crippen LogP contribution in [-0.4, -0.2) is 40.4 Å². The molecule has 0 bridgehead atoms. The Balaban J connectivity index is 1.69. The summed E-state index contributed by atoms with van der Waals surface area (Å²) in [5.74, 6) is -0.289. The van der Waals surface area contributed by atoms with Crippen LogP contribution in [0.15, 0.2) is 28.8 Å². The molecule has 1 aliphatic heterocycles. The lowest BCUT2D eigenvalue weighted by Gasteiger charge is -2.20. The van der Waals surface area contributed by atoms with Gasteiger partial charge in [0.05, 0.1) is 6.54 Å². The normalized spacial score (nSPS) is 17.4. The summed E-state index contributed by atoms with van der Waals surface area (Å²) in [5, 5.41) is 4.32. The number of amides is 2. The highest BCUT2D eigenvalue weighted by Gasteiger charge is 2.39. The molecule has 1 saturated heterocycles. The van der Waals surface area contributed by atoms with Crippen molar-refractivity contribution in [1.82, 2.24) is 15.0 Å². The van der Waals surface area contributed by atoms with Crippen molar-refractivity contribution in [1.29, 1.82) is 0 Å².